The van der Waals surface area contributed by atoms with Crippen LogP contribution in [0.25, 0.3) is 0 Å². The van der Waals surface area contributed by atoms with E-state index in [4.69, 9.17) is 5.26 Å². The summed E-state index contributed by atoms with van der Waals surface area (Å²) in [5.41, 5.74) is -0.0971. The Kier molecular flexibility index (Phi) is 4.61. The lowest BCUT2D eigenvalue weighted by molar-refractivity contribution is -0.185. The van der Waals surface area contributed by atoms with Crippen LogP contribution < -0.4 is 0 Å². The zero-order chi connectivity index (χ0) is 9.56. The molecule has 66 valence electrons. The Morgan fingerprint density at radius 1 is 1.83 bits per heavy atom. The molecule has 0 aliphatic rings. The van der Waals surface area contributed by atoms with Crippen molar-refractivity contribution in [3.8, 4) is 6.07 Å². The summed E-state index contributed by atoms with van der Waals surface area (Å²) in [5, 5.41) is 8.34. The van der Waals surface area contributed by atoms with E-state index in [0.717, 1.165) is 0 Å². The molecule has 0 amide bonds. The van der Waals surface area contributed by atoms with Crippen LogP contribution in [0.5, 0.6) is 0 Å². The molecule has 0 fully saturated rings. The molecule has 0 aromatic rings. The van der Waals surface area contributed by atoms with Gasteiger partial charge in [-0.15, -0.1) is 0 Å². The van der Waals surface area contributed by atoms with Crippen molar-refractivity contribution >= 4 is 5.97 Å². The van der Waals surface area contributed by atoms with Crippen molar-refractivity contribution < 1.29 is 18.7 Å². The first kappa shape index (κ1) is 10.6. The summed E-state index contributed by atoms with van der Waals surface area (Å²) in [6.07, 6.45) is 0.272. The predicted molar refractivity (Wildman–Crippen MR) is 35.8 cm³/mol. The molecule has 0 N–H and O–H groups in total. The van der Waals surface area contributed by atoms with Gasteiger partial charge in [0.1, 0.15) is 0 Å². The minimum absolute atomic E-state index is 0.0971. The van der Waals surface area contributed by atoms with Gasteiger partial charge < -0.3 is 0 Å². The number of nitriles is 1. The molecule has 0 saturated carbocycles. The van der Waals surface area contributed by atoms with E-state index in [2.05, 4.69) is 4.94 Å². The summed E-state index contributed by atoms with van der Waals surface area (Å²) in [6, 6.07) is 1.43. The van der Waals surface area contributed by atoms with Gasteiger partial charge in [-0.2, -0.15) is 5.26 Å². The van der Waals surface area contributed by atoms with E-state index in [1.54, 1.807) is 6.92 Å². The molecule has 0 aromatic heterocycles. The molecule has 0 heterocycles. The van der Waals surface area contributed by atoms with Crippen LogP contribution in [-0.4, -0.2) is 5.97 Å². The van der Waals surface area contributed by atoms with Gasteiger partial charge in [0.05, 0.1) is 12.4 Å². The first-order valence-corrected chi connectivity index (χ1v) is 3.22. The van der Waals surface area contributed by atoms with E-state index in [1.807, 2.05) is 0 Å². The summed E-state index contributed by atoms with van der Waals surface area (Å²) < 4.78 is 23.3. The number of hydrogen-bond donors (Lipinski definition) is 0. The molecule has 0 aliphatic heterocycles. The summed E-state index contributed by atoms with van der Waals surface area (Å²) in [7, 11) is 0. The number of hydrogen-bond acceptors (Lipinski definition) is 3. The lowest BCUT2D eigenvalue weighted by atomic mass is 10.0. The van der Waals surface area contributed by atoms with Crippen molar-refractivity contribution in [2.75, 3.05) is 0 Å². The van der Waals surface area contributed by atoms with Crippen LogP contribution in [0.1, 0.15) is 13.3 Å². The van der Waals surface area contributed by atoms with Gasteiger partial charge >= 0.3 is 5.97 Å². The molecule has 0 aromatic carbocycles. The van der Waals surface area contributed by atoms with Gasteiger partial charge in [0.15, 0.2) is 5.92 Å². The van der Waals surface area contributed by atoms with Gasteiger partial charge in [-0.1, -0.05) is 6.92 Å². The highest BCUT2D eigenvalue weighted by molar-refractivity contribution is 5.78. The van der Waals surface area contributed by atoms with Crippen LogP contribution >= 0.6 is 0 Å². The number of nitrogens with zero attached hydrogens (tertiary/aromatic N) is 1. The third-order valence-corrected chi connectivity index (χ3v) is 1.36. The molecule has 0 aliphatic carbocycles. The van der Waals surface area contributed by atoms with Crippen molar-refractivity contribution in [1.29, 1.82) is 5.26 Å². The number of rotatable bonds is 3. The van der Waals surface area contributed by atoms with E-state index in [9.17, 15) is 13.7 Å². The van der Waals surface area contributed by atoms with E-state index in [-0.39, 0.29) is 18.3 Å². The molecular formula is C7H7F2NO2. The summed E-state index contributed by atoms with van der Waals surface area (Å²) >= 11 is 0. The molecule has 0 spiro atoms. The van der Waals surface area contributed by atoms with Crippen LogP contribution in [0, 0.1) is 17.2 Å². The second-order valence-corrected chi connectivity index (χ2v) is 2.00. The highest BCUT2D eigenvalue weighted by Crippen LogP contribution is 2.16. The molecule has 0 bridgehead atoms. The average molecular weight is 175 g/mol. The Hall–Kier alpha value is -1.44. The Morgan fingerprint density at radius 2 is 2.42 bits per heavy atom. The fourth-order valence-corrected chi connectivity index (χ4v) is 0.676. The largest absolute Gasteiger partial charge is 0.370 e. The van der Waals surface area contributed by atoms with E-state index in [0.29, 0.717) is 0 Å². The molecule has 0 rings (SSSR count). The first-order valence-electron chi connectivity index (χ1n) is 3.22. The van der Waals surface area contributed by atoms with Crippen molar-refractivity contribution in [3.63, 3.8) is 0 Å². The Labute approximate surface area is 68.1 Å². The van der Waals surface area contributed by atoms with Gasteiger partial charge in [0.25, 0.3) is 0 Å². The molecule has 0 saturated heterocycles. The fraction of sp³-hybridized carbons (Fsp3) is 0.429. The topological polar surface area (TPSA) is 50.1 Å². The number of carbonyl (C=O) groups excluding carboxylic acids is 1. The third-order valence-electron chi connectivity index (χ3n) is 1.36. The SMILES string of the molecule is CC/C(=C/F)C(C#N)C(=O)OF. The fourth-order valence-electron chi connectivity index (χ4n) is 0.676. The zero-order valence-corrected chi connectivity index (χ0v) is 6.38. The van der Waals surface area contributed by atoms with Gasteiger partial charge in [0.2, 0.25) is 0 Å². The highest BCUT2D eigenvalue weighted by atomic mass is 19.3. The molecule has 0 radical (unpaired) electrons. The molecular weight excluding hydrogens is 168 g/mol. The van der Waals surface area contributed by atoms with Crippen LogP contribution in [0.3, 0.4) is 0 Å². The maximum atomic E-state index is 11.9. The van der Waals surface area contributed by atoms with Crippen molar-refractivity contribution in [2.45, 2.75) is 13.3 Å². The predicted octanol–water partition coefficient (Wildman–Crippen LogP) is 1.82. The van der Waals surface area contributed by atoms with Crippen LogP contribution in [-0.2, 0) is 9.74 Å². The van der Waals surface area contributed by atoms with Gasteiger partial charge in [-0.3, -0.25) is 4.94 Å². The van der Waals surface area contributed by atoms with Crippen molar-refractivity contribution in [2.24, 2.45) is 5.92 Å². The van der Waals surface area contributed by atoms with Crippen molar-refractivity contribution in [1.82, 2.24) is 0 Å². The Balaban J connectivity index is 4.57. The highest BCUT2D eigenvalue weighted by Gasteiger charge is 2.24. The normalized spacial score (nSPS) is 13.3. The van der Waals surface area contributed by atoms with Crippen LogP contribution in [0.4, 0.5) is 8.92 Å². The minimum Gasteiger partial charge on any atom is -0.253 e. The zero-order valence-electron chi connectivity index (χ0n) is 6.38. The Bertz CT molecular complexity index is 232. The molecule has 1 atom stereocenters. The maximum Gasteiger partial charge on any atom is 0.370 e. The first-order chi connectivity index (χ1) is 5.71. The number of carbonyl (C=O) groups is 1. The molecule has 12 heavy (non-hydrogen) atoms. The molecule has 5 heteroatoms. The van der Waals surface area contributed by atoms with Gasteiger partial charge in [-0.05, 0) is 12.0 Å². The van der Waals surface area contributed by atoms with Gasteiger partial charge in [-0.25, -0.2) is 9.18 Å². The monoisotopic (exact) mass is 175 g/mol. The quantitative estimate of drug-likeness (QED) is 0.657. The standard InChI is InChI=1S/C7H7F2NO2/c1-2-5(3-8)6(4-10)7(11)12-9/h3,6H,2H2,1H3/b5-3-. The smallest absolute Gasteiger partial charge is 0.253 e. The Morgan fingerprint density at radius 3 is 2.67 bits per heavy atom. The van der Waals surface area contributed by atoms with E-state index < -0.39 is 11.9 Å². The van der Waals surface area contributed by atoms with Crippen LogP contribution in [0.15, 0.2) is 11.9 Å². The average Bonchev–Trinajstić information content (AvgIpc) is 2.12. The van der Waals surface area contributed by atoms with Crippen LogP contribution in [0.2, 0.25) is 0 Å². The van der Waals surface area contributed by atoms with E-state index >= 15 is 0 Å². The van der Waals surface area contributed by atoms with Gasteiger partial charge in [0, 0.05) is 4.53 Å². The lowest BCUT2D eigenvalue weighted by Gasteiger charge is -2.04. The number of halogens is 2. The molecule has 3 nitrogen and oxygen atoms in total. The van der Waals surface area contributed by atoms with E-state index in [1.165, 1.54) is 6.07 Å². The maximum absolute atomic E-state index is 11.9. The summed E-state index contributed by atoms with van der Waals surface area (Å²) in [6.45, 7) is 1.54. The third kappa shape index (κ3) is 2.31. The minimum atomic E-state index is -1.48. The lowest BCUT2D eigenvalue weighted by Crippen LogP contribution is -2.14. The summed E-state index contributed by atoms with van der Waals surface area (Å²) in [5.74, 6) is -2.87. The summed E-state index contributed by atoms with van der Waals surface area (Å²) in [4.78, 5) is 13.3. The molecule has 1 unspecified atom stereocenters. The van der Waals surface area contributed by atoms with Crippen molar-refractivity contribution in [3.05, 3.63) is 11.9 Å². The second-order valence-electron chi connectivity index (χ2n) is 2.00. The second kappa shape index (κ2) is 5.24.